The van der Waals surface area contributed by atoms with Gasteiger partial charge in [0, 0.05) is 18.5 Å². The molecule has 7 heteroatoms. The van der Waals surface area contributed by atoms with Crippen molar-refractivity contribution in [3.8, 4) is 5.75 Å². The van der Waals surface area contributed by atoms with E-state index in [1.54, 1.807) is 42.3 Å². The molecule has 3 aromatic rings. The van der Waals surface area contributed by atoms with Crippen molar-refractivity contribution >= 4 is 32.6 Å². The molecule has 0 fully saturated rings. The quantitative estimate of drug-likeness (QED) is 0.677. The molecule has 0 saturated carbocycles. The summed E-state index contributed by atoms with van der Waals surface area (Å²) in [5, 5.41) is 0.588. The molecule has 142 valence electrons. The molecule has 0 atom stereocenters. The lowest BCUT2D eigenvalue weighted by atomic mass is 10.2. The summed E-state index contributed by atoms with van der Waals surface area (Å²) in [6, 6.07) is 11.5. The van der Waals surface area contributed by atoms with E-state index in [1.807, 2.05) is 0 Å². The smallest absolute Gasteiger partial charge is 0.260 e. The Morgan fingerprint density at radius 3 is 2.63 bits per heavy atom. The molecular formula is C20H23FN3O2S+. The molecule has 0 aliphatic rings. The third-order valence-electron chi connectivity index (χ3n) is 4.21. The summed E-state index contributed by atoms with van der Waals surface area (Å²) in [4.78, 5) is 20.7. The second-order valence-corrected chi connectivity index (χ2v) is 7.61. The number of amides is 1. The molecule has 0 unspecified atom stereocenters. The van der Waals surface area contributed by atoms with Crippen molar-refractivity contribution in [1.29, 1.82) is 0 Å². The zero-order valence-electron chi connectivity index (χ0n) is 15.7. The lowest BCUT2D eigenvalue weighted by Gasteiger charge is -2.20. The number of nitrogens with zero attached hydrogens (tertiary/aromatic N) is 2. The standard InChI is InChI=1S/C20H22FN3O2S/c1-23(2)11-4-12-24(19(25)14-5-8-16(26-3)9-6-14)20-22-17-10-7-15(21)13-18(17)27-20/h5-10,13H,4,11-12H2,1-3H3/p+1. The van der Waals surface area contributed by atoms with E-state index in [0.717, 1.165) is 17.7 Å². The maximum atomic E-state index is 13.5. The van der Waals surface area contributed by atoms with Gasteiger partial charge in [0.1, 0.15) is 11.6 Å². The Morgan fingerprint density at radius 2 is 1.96 bits per heavy atom. The van der Waals surface area contributed by atoms with Crippen LogP contribution in [0.25, 0.3) is 10.2 Å². The number of ether oxygens (including phenoxy) is 1. The zero-order chi connectivity index (χ0) is 19.4. The summed E-state index contributed by atoms with van der Waals surface area (Å²) >= 11 is 1.33. The molecule has 5 nitrogen and oxygen atoms in total. The van der Waals surface area contributed by atoms with E-state index in [2.05, 4.69) is 19.1 Å². The second kappa shape index (κ2) is 8.45. The highest BCUT2D eigenvalue weighted by molar-refractivity contribution is 7.22. The molecule has 0 radical (unpaired) electrons. The van der Waals surface area contributed by atoms with E-state index in [9.17, 15) is 9.18 Å². The second-order valence-electron chi connectivity index (χ2n) is 6.60. The minimum atomic E-state index is -0.304. The van der Waals surface area contributed by atoms with Gasteiger partial charge < -0.3 is 9.64 Å². The number of rotatable bonds is 7. The van der Waals surface area contributed by atoms with E-state index < -0.39 is 0 Å². The van der Waals surface area contributed by atoms with Crippen molar-refractivity contribution in [2.24, 2.45) is 0 Å². The summed E-state index contributed by atoms with van der Waals surface area (Å²) in [5.74, 6) is 0.276. The topological polar surface area (TPSA) is 46.9 Å². The van der Waals surface area contributed by atoms with Crippen LogP contribution in [-0.4, -0.2) is 45.2 Å². The van der Waals surface area contributed by atoms with Crippen LogP contribution in [-0.2, 0) is 0 Å². The van der Waals surface area contributed by atoms with Gasteiger partial charge in [-0.1, -0.05) is 11.3 Å². The van der Waals surface area contributed by atoms with Gasteiger partial charge in [-0.05, 0) is 42.5 Å². The average molecular weight is 388 g/mol. The molecule has 0 aliphatic heterocycles. The van der Waals surface area contributed by atoms with E-state index >= 15 is 0 Å². The molecule has 0 aliphatic carbocycles. The van der Waals surface area contributed by atoms with Gasteiger partial charge in [0.25, 0.3) is 5.91 Å². The number of carbonyl (C=O) groups excluding carboxylic acids is 1. The van der Waals surface area contributed by atoms with Crippen LogP contribution >= 0.6 is 11.3 Å². The Balaban J connectivity index is 1.91. The molecule has 2 aromatic carbocycles. The number of fused-ring (bicyclic) bond motifs is 1. The number of quaternary nitrogens is 1. The number of thiazole rings is 1. The minimum Gasteiger partial charge on any atom is -0.497 e. The Hall–Kier alpha value is -2.51. The van der Waals surface area contributed by atoms with Crippen molar-refractivity contribution < 1.29 is 18.8 Å². The summed E-state index contributed by atoms with van der Waals surface area (Å²) in [6.45, 7) is 1.49. The maximum Gasteiger partial charge on any atom is 0.260 e. The molecule has 0 spiro atoms. The lowest BCUT2D eigenvalue weighted by Crippen LogP contribution is -3.05. The number of carbonyl (C=O) groups is 1. The van der Waals surface area contributed by atoms with Gasteiger partial charge in [-0.25, -0.2) is 9.37 Å². The van der Waals surface area contributed by atoms with Gasteiger partial charge in [0.15, 0.2) is 5.13 Å². The number of aromatic nitrogens is 1. The van der Waals surface area contributed by atoms with Gasteiger partial charge in [-0.15, -0.1) is 0 Å². The third kappa shape index (κ3) is 4.61. The van der Waals surface area contributed by atoms with E-state index in [1.165, 1.54) is 28.4 Å². The first-order valence-electron chi connectivity index (χ1n) is 8.79. The molecule has 0 saturated heterocycles. The van der Waals surface area contributed by atoms with Gasteiger partial charge in [-0.2, -0.15) is 0 Å². The number of methoxy groups -OCH3 is 1. The number of anilines is 1. The Kier molecular flexibility index (Phi) is 6.03. The zero-order valence-corrected chi connectivity index (χ0v) is 16.5. The number of nitrogens with one attached hydrogen (secondary N) is 1. The summed E-state index contributed by atoms with van der Waals surface area (Å²) in [7, 11) is 5.75. The first-order chi connectivity index (χ1) is 13.0. The highest BCUT2D eigenvalue weighted by atomic mass is 32.1. The van der Waals surface area contributed by atoms with Crippen LogP contribution < -0.4 is 14.5 Å². The Morgan fingerprint density at radius 1 is 1.22 bits per heavy atom. The Bertz CT molecular complexity index is 925. The normalized spacial score (nSPS) is 11.1. The SMILES string of the molecule is COc1ccc(C(=O)N(CCC[NH+](C)C)c2nc3ccc(F)cc3s2)cc1. The van der Waals surface area contributed by atoms with Gasteiger partial charge in [0.05, 0.1) is 38.0 Å². The van der Waals surface area contributed by atoms with Crippen molar-refractivity contribution in [3.05, 3.63) is 53.8 Å². The molecule has 1 N–H and O–H groups in total. The molecule has 1 heterocycles. The molecule has 3 rings (SSSR count). The van der Waals surface area contributed by atoms with Gasteiger partial charge in [0.2, 0.25) is 0 Å². The van der Waals surface area contributed by atoms with Crippen molar-refractivity contribution in [1.82, 2.24) is 4.98 Å². The fourth-order valence-electron chi connectivity index (χ4n) is 2.77. The van der Waals surface area contributed by atoms with E-state index in [0.29, 0.717) is 28.5 Å². The highest BCUT2D eigenvalue weighted by Gasteiger charge is 2.21. The number of halogens is 1. The summed E-state index contributed by atoms with van der Waals surface area (Å²) < 4.78 is 19.4. The number of hydrogen-bond acceptors (Lipinski definition) is 4. The fraction of sp³-hybridized carbons (Fsp3) is 0.300. The van der Waals surface area contributed by atoms with E-state index in [-0.39, 0.29) is 11.7 Å². The van der Waals surface area contributed by atoms with Crippen LogP contribution in [0, 0.1) is 5.82 Å². The predicted molar refractivity (Wildman–Crippen MR) is 107 cm³/mol. The largest absolute Gasteiger partial charge is 0.497 e. The van der Waals surface area contributed by atoms with Gasteiger partial charge in [-0.3, -0.25) is 9.69 Å². The van der Waals surface area contributed by atoms with Crippen LogP contribution in [0.1, 0.15) is 16.8 Å². The van der Waals surface area contributed by atoms with Crippen molar-refractivity contribution in [3.63, 3.8) is 0 Å². The van der Waals surface area contributed by atoms with E-state index in [4.69, 9.17) is 4.74 Å². The fourth-order valence-corrected chi connectivity index (χ4v) is 3.78. The molecule has 1 amide bonds. The highest BCUT2D eigenvalue weighted by Crippen LogP contribution is 2.30. The maximum absolute atomic E-state index is 13.5. The molecule has 1 aromatic heterocycles. The first-order valence-corrected chi connectivity index (χ1v) is 9.60. The van der Waals surface area contributed by atoms with Crippen LogP contribution in [0.2, 0.25) is 0 Å². The first kappa shape index (κ1) is 19.3. The summed E-state index contributed by atoms with van der Waals surface area (Å²) in [6.07, 6.45) is 0.842. The molecule has 0 bridgehead atoms. The van der Waals surface area contributed by atoms with Crippen molar-refractivity contribution in [2.75, 3.05) is 39.2 Å². The van der Waals surface area contributed by atoms with Crippen molar-refractivity contribution in [2.45, 2.75) is 6.42 Å². The Labute approximate surface area is 162 Å². The molecular weight excluding hydrogens is 365 g/mol. The van der Waals surface area contributed by atoms with Crippen LogP contribution in [0.15, 0.2) is 42.5 Å². The lowest BCUT2D eigenvalue weighted by molar-refractivity contribution is -0.858. The summed E-state index contributed by atoms with van der Waals surface area (Å²) in [5.41, 5.74) is 1.26. The third-order valence-corrected chi connectivity index (χ3v) is 5.25. The predicted octanol–water partition coefficient (Wildman–Crippen LogP) is 2.63. The number of benzene rings is 2. The van der Waals surface area contributed by atoms with Crippen LogP contribution in [0.5, 0.6) is 5.75 Å². The van der Waals surface area contributed by atoms with Crippen LogP contribution in [0.3, 0.4) is 0 Å². The minimum absolute atomic E-state index is 0.120. The number of hydrogen-bond donors (Lipinski definition) is 1. The van der Waals surface area contributed by atoms with Crippen LogP contribution in [0.4, 0.5) is 9.52 Å². The monoisotopic (exact) mass is 388 g/mol. The molecule has 27 heavy (non-hydrogen) atoms. The average Bonchev–Trinajstić information content (AvgIpc) is 3.07. The van der Waals surface area contributed by atoms with Gasteiger partial charge >= 0.3 is 0 Å².